The fraction of sp³-hybridized carbons (Fsp3) is 0.500. The van der Waals surface area contributed by atoms with Crippen LogP contribution in [0.15, 0.2) is 18.2 Å². The van der Waals surface area contributed by atoms with E-state index in [4.69, 9.17) is 0 Å². The summed E-state index contributed by atoms with van der Waals surface area (Å²) in [6, 6.07) is 3.51. The van der Waals surface area contributed by atoms with E-state index in [1.165, 1.54) is 25.0 Å². The molecule has 2 rings (SSSR count). The second-order valence-electron chi connectivity index (χ2n) is 4.23. The summed E-state index contributed by atoms with van der Waals surface area (Å²) in [7, 11) is 0. The number of halogens is 2. The molecule has 1 aromatic carbocycles. The van der Waals surface area contributed by atoms with Crippen LogP contribution in [0.3, 0.4) is 0 Å². The molecule has 0 spiro atoms. The van der Waals surface area contributed by atoms with E-state index in [1.807, 2.05) is 0 Å². The lowest BCUT2D eigenvalue weighted by Crippen LogP contribution is -2.27. The molecule has 1 aliphatic carbocycles. The molecule has 0 saturated heterocycles. The number of hydrogen-bond donors (Lipinski definition) is 2. The second-order valence-corrected chi connectivity index (χ2v) is 4.23. The molecule has 1 saturated carbocycles. The van der Waals surface area contributed by atoms with Crippen LogP contribution in [-0.2, 0) is 0 Å². The van der Waals surface area contributed by atoms with Crippen LogP contribution >= 0.6 is 0 Å². The molecular weight excluding hydrogens is 212 g/mol. The lowest BCUT2D eigenvalue weighted by molar-refractivity contribution is 0.239. The summed E-state index contributed by atoms with van der Waals surface area (Å²) in [5, 5.41) is 12.2. The van der Waals surface area contributed by atoms with E-state index in [2.05, 4.69) is 5.32 Å². The van der Waals surface area contributed by atoms with E-state index in [-0.39, 0.29) is 12.2 Å². The van der Waals surface area contributed by atoms with Crippen LogP contribution in [0.4, 0.5) is 8.78 Å². The highest BCUT2D eigenvalue weighted by atomic mass is 19.2. The van der Waals surface area contributed by atoms with Gasteiger partial charge in [0.2, 0.25) is 0 Å². The molecule has 16 heavy (non-hydrogen) atoms. The van der Waals surface area contributed by atoms with Gasteiger partial charge in [-0.15, -0.1) is 0 Å². The van der Waals surface area contributed by atoms with Crippen LogP contribution < -0.4 is 5.32 Å². The van der Waals surface area contributed by atoms with Crippen molar-refractivity contribution in [2.24, 2.45) is 5.92 Å². The summed E-state index contributed by atoms with van der Waals surface area (Å²) in [5.74, 6) is -1.11. The SMILES string of the molecule is OCC(NCC1CC1)c1cccc(F)c1F. The number of hydrogen-bond acceptors (Lipinski definition) is 2. The van der Waals surface area contributed by atoms with Gasteiger partial charge in [0.15, 0.2) is 11.6 Å². The Balaban J connectivity index is 2.08. The van der Waals surface area contributed by atoms with Crippen LogP contribution in [0.5, 0.6) is 0 Å². The molecule has 0 heterocycles. The molecule has 1 fully saturated rings. The van der Waals surface area contributed by atoms with Gasteiger partial charge in [0.1, 0.15) is 0 Å². The van der Waals surface area contributed by atoms with Crippen molar-refractivity contribution in [1.82, 2.24) is 5.32 Å². The summed E-state index contributed by atoms with van der Waals surface area (Å²) < 4.78 is 26.5. The fourth-order valence-electron chi connectivity index (χ4n) is 1.69. The highest BCUT2D eigenvalue weighted by Crippen LogP contribution is 2.29. The van der Waals surface area contributed by atoms with Gasteiger partial charge in [-0.05, 0) is 31.4 Å². The molecule has 2 nitrogen and oxygen atoms in total. The molecule has 88 valence electrons. The van der Waals surface area contributed by atoms with Crippen molar-refractivity contribution in [3.05, 3.63) is 35.4 Å². The lowest BCUT2D eigenvalue weighted by Gasteiger charge is -2.17. The van der Waals surface area contributed by atoms with Crippen molar-refractivity contribution < 1.29 is 13.9 Å². The minimum atomic E-state index is -0.871. The Hall–Kier alpha value is -1.00. The molecule has 2 N–H and O–H groups in total. The Morgan fingerprint density at radius 2 is 2.12 bits per heavy atom. The molecule has 0 bridgehead atoms. The molecule has 1 atom stereocenters. The zero-order valence-corrected chi connectivity index (χ0v) is 8.92. The maximum absolute atomic E-state index is 13.5. The largest absolute Gasteiger partial charge is 0.394 e. The summed E-state index contributed by atoms with van der Waals surface area (Å²) in [6.45, 7) is 0.522. The van der Waals surface area contributed by atoms with E-state index in [0.717, 1.165) is 12.6 Å². The predicted octanol–water partition coefficient (Wildman–Crippen LogP) is 2.00. The normalized spacial score (nSPS) is 17.4. The fourth-order valence-corrected chi connectivity index (χ4v) is 1.69. The van der Waals surface area contributed by atoms with Gasteiger partial charge in [0.25, 0.3) is 0 Å². The Kier molecular flexibility index (Phi) is 3.51. The van der Waals surface area contributed by atoms with Crippen LogP contribution in [0.2, 0.25) is 0 Å². The van der Waals surface area contributed by atoms with Crippen molar-refractivity contribution in [2.75, 3.05) is 13.2 Å². The average molecular weight is 227 g/mol. The van der Waals surface area contributed by atoms with Gasteiger partial charge in [0, 0.05) is 5.56 Å². The number of aliphatic hydroxyl groups is 1. The Morgan fingerprint density at radius 3 is 2.75 bits per heavy atom. The topological polar surface area (TPSA) is 32.3 Å². The Bertz CT molecular complexity index is 366. The Labute approximate surface area is 93.3 Å². The standard InChI is InChI=1S/C12H15F2NO/c13-10-3-1-2-9(12(10)14)11(7-16)15-6-8-4-5-8/h1-3,8,11,15-16H,4-7H2. The first-order valence-corrected chi connectivity index (χ1v) is 5.50. The number of benzene rings is 1. The average Bonchev–Trinajstić information content (AvgIpc) is 3.08. The summed E-state index contributed by atoms with van der Waals surface area (Å²) >= 11 is 0. The third-order valence-electron chi connectivity index (χ3n) is 2.89. The number of nitrogens with one attached hydrogen (secondary N) is 1. The molecule has 4 heteroatoms. The molecule has 1 aliphatic rings. The third kappa shape index (κ3) is 2.57. The lowest BCUT2D eigenvalue weighted by atomic mass is 10.1. The smallest absolute Gasteiger partial charge is 0.163 e. The number of aliphatic hydroxyl groups excluding tert-OH is 1. The van der Waals surface area contributed by atoms with Crippen molar-refractivity contribution >= 4 is 0 Å². The van der Waals surface area contributed by atoms with Crippen molar-refractivity contribution in [3.63, 3.8) is 0 Å². The van der Waals surface area contributed by atoms with E-state index in [9.17, 15) is 13.9 Å². The van der Waals surface area contributed by atoms with E-state index >= 15 is 0 Å². The van der Waals surface area contributed by atoms with Crippen molar-refractivity contribution in [2.45, 2.75) is 18.9 Å². The number of rotatable bonds is 5. The predicted molar refractivity (Wildman–Crippen MR) is 56.9 cm³/mol. The first-order valence-electron chi connectivity index (χ1n) is 5.50. The molecule has 0 amide bonds. The van der Waals surface area contributed by atoms with Crippen molar-refractivity contribution in [3.8, 4) is 0 Å². The van der Waals surface area contributed by atoms with Gasteiger partial charge in [-0.2, -0.15) is 0 Å². The van der Waals surface area contributed by atoms with Crippen LogP contribution in [0.1, 0.15) is 24.4 Å². The molecule has 0 aromatic heterocycles. The first-order chi connectivity index (χ1) is 7.72. The van der Waals surface area contributed by atoms with Gasteiger partial charge in [0.05, 0.1) is 12.6 Å². The highest BCUT2D eigenvalue weighted by Gasteiger charge is 2.24. The zero-order valence-electron chi connectivity index (χ0n) is 8.92. The van der Waals surface area contributed by atoms with Crippen LogP contribution in [-0.4, -0.2) is 18.3 Å². The maximum Gasteiger partial charge on any atom is 0.163 e. The molecular formula is C12H15F2NO. The second kappa shape index (κ2) is 4.89. The van der Waals surface area contributed by atoms with Gasteiger partial charge in [-0.1, -0.05) is 12.1 Å². The van der Waals surface area contributed by atoms with Gasteiger partial charge in [-0.25, -0.2) is 8.78 Å². The monoisotopic (exact) mass is 227 g/mol. The van der Waals surface area contributed by atoms with E-state index in [0.29, 0.717) is 5.92 Å². The minimum Gasteiger partial charge on any atom is -0.394 e. The molecule has 1 aromatic rings. The third-order valence-corrected chi connectivity index (χ3v) is 2.89. The highest BCUT2D eigenvalue weighted by molar-refractivity contribution is 5.22. The van der Waals surface area contributed by atoms with E-state index in [1.54, 1.807) is 0 Å². The maximum atomic E-state index is 13.5. The van der Waals surface area contributed by atoms with Gasteiger partial charge < -0.3 is 10.4 Å². The molecule has 1 unspecified atom stereocenters. The van der Waals surface area contributed by atoms with Gasteiger partial charge >= 0.3 is 0 Å². The van der Waals surface area contributed by atoms with Gasteiger partial charge in [-0.3, -0.25) is 0 Å². The zero-order chi connectivity index (χ0) is 11.5. The van der Waals surface area contributed by atoms with Crippen molar-refractivity contribution in [1.29, 1.82) is 0 Å². The summed E-state index contributed by atoms with van der Waals surface area (Å²) in [4.78, 5) is 0. The summed E-state index contributed by atoms with van der Waals surface area (Å²) in [5.41, 5.74) is 0.197. The minimum absolute atomic E-state index is 0.197. The molecule has 0 aliphatic heterocycles. The summed E-state index contributed by atoms with van der Waals surface area (Å²) in [6.07, 6.45) is 2.35. The van der Waals surface area contributed by atoms with Crippen LogP contribution in [0, 0.1) is 17.6 Å². The Morgan fingerprint density at radius 1 is 1.38 bits per heavy atom. The van der Waals surface area contributed by atoms with Crippen LogP contribution in [0.25, 0.3) is 0 Å². The van der Waals surface area contributed by atoms with E-state index < -0.39 is 17.7 Å². The first kappa shape index (κ1) is 11.5. The molecule has 0 radical (unpaired) electrons. The quantitative estimate of drug-likeness (QED) is 0.806.